The van der Waals surface area contributed by atoms with E-state index < -0.39 is 20.4 Å². The van der Waals surface area contributed by atoms with Crippen LogP contribution in [0.5, 0.6) is 0 Å². The summed E-state index contributed by atoms with van der Waals surface area (Å²) in [6, 6.07) is 5.87. The fourth-order valence-corrected chi connectivity index (χ4v) is 5.77. The molecule has 4 aromatic heterocycles. The number of anilines is 1. The van der Waals surface area contributed by atoms with Gasteiger partial charge in [0.15, 0.2) is 14.0 Å². The van der Waals surface area contributed by atoms with Crippen LogP contribution in [0.3, 0.4) is 0 Å². The van der Waals surface area contributed by atoms with Crippen LogP contribution in [0.15, 0.2) is 36.9 Å². The van der Waals surface area contributed by atoms with Gasteiger partial charge in [-0.3, -0.25) is 9.78 Å². The van der Waals surface area contributed by atoms with Gasteiger partial charge in [0.05, 0.1) is 23.2 Å². The van der Waals surface area contributed by atoms with Crippen LogP contribution in [0, 0.1) is 12.8 Å². The Bertz CT molecular complexity index is 1530. The summed E-state index contributed by atoms with van der Waals surface area (Å²) in [5, 5.41) is 8.10. The largest absolute Gasteiger partial charge is 0.408 e. The number of aryl methyl sites for hydroxylation is 1. The zero-order valence-corrected chi connectivity index (χ0v) is 24.0. The van der Waals surface area contributed by atoms with Crippen LogP contribution in [0.1, 0.15) is 57.9 Å². The van der Waals surface area contributed by atoms with Crippen molar-refractivity contribution in [2.24, 2.45) is 5.92 Å². The smallest absolute Gasteiger partial charge is 0.231 e. The highest BCUT2D eigenvalue weighted by Crippen LogP contribution is 2.41. The number of halogens is 1. The average molecular weight is 535 g/mol. The number of nitrogens with one attached hydrogen (secondary N) is 1. The van der Waals surface area contributed by atoms with Crippen molar-refractivity contribution >= 4 is 36.6 Å². The zero-order chi connectivity index (χ0) is 27.4. The summed E-state index contributed by atoms with van der Waals surface area (Å²) >= 11 is 0. The Hall–Kier alpha value is -3.24. The van der Waals surface area contributed by atoms with E-state index in [1.165, 1.54) is 6.33 Å². The molecule has 3 atom stereocenters. The first-order valence-corrected chi connectivity index (χ1v) is 16.0. The average Bonchev–Trinajstić information content (AvgIpc) is 3.38. The summed E-state index contributed by atoms with van der Waals surface area (Å²) in [6.07, 6.45) is 5.08. The molecule has 0 aliphatic heterocycles. The van der Waals surface area contributed by atoms with Crippen LogP contribution in [0.2, 0.25) is 18.1 Å². The van der Waals surface area contributed by atoms with Crippen LogP contribution in [-0.4, -0.2) is 45.0 Å². The number of alkyl halides is 1. The molecule has 1 N–H and O–H groups in total. The molecule has 200 valence electrons. The number of aromatic nitrogens is 5. The Morgan fingerprint density at radius 3 is 2.55 bits per heavy atom. The van der Waals surface area contributed by atoms with Crippen LogP contribution < -0.4 is 5.32 Å². The highest BCUT2D eigenvalue weighted by molar-refractivity contribution is 6.74. The molecule has 38 heavy (non-hydrogen) atoms. The van der Waals surface area contributed by atoms with Gasteiger partial charge in [-0.15, -0.1) is 0 Å². The Kier molecular flexibility index (Phi) is 6.59. The van der Waals surface area contributed by atoms with Gasteiger partial charge in [0.25, 0.3) is 0 Å². The van der Waals surface area contributed by atoms with Crippen molar-refractivity contribution in [2.45, 2.75) is 77.9 Å². The van der Waals surface area contributed by atoms with Gasteiger partial charge in [0, 0.05) is 35.0 Å². The van der Waals surface area contributed by atoms with Crippen molar-refractivity contribution in [3.8, 4) is 11.1 Å². The fourth-order valence-electron chi connectivity index (χ4n) is 4.41. The lowest BCUT2D eigenvalue weighted by atomic mass is 10.0. The molecule has 8 nitrogen and oxygen atoms in total. The maximum Gasteiger partial charge on any atom is 0.231 e. The Morgan fingerprint density at radius 2 is 1.92 bits per heavy atom. The number of hydrogen-bond acceptors (Lipinski definition) is 6. The molecule has 1 amide bonds. The second-order valence-corrected chi connectivity index (χ2v) is 16.5. The van der Waals surface area contributed by atoms with Crippen LogP contribution in [-0.2, 0) is 9.22 Å². The molecule has 0 radical (unpaired) electrons. The maximum atomic E-state index is 13.3. The lowest BCUT2D eigenvalue weighted by molar-refractivity contribution is -0.117. The molecule has 4 heterocycles. The van der Waals surface area contributed by atoms with Gasteiger partial charge in [0.2, 0.25) is 5.91 Å². The first-order chi connectivity index (χ1) is 17.9. The molecule has 5 rings (SSSR count). The lowest BCUT2D eigenvalue weighted by Crippen LogP contribution is -2.41. The van der Waals surface area contributed by atoms with E-state index in [4.69, 9.17) is 9.41 Å². The molecule has 10 heteroatoms. The number of amides is 1. The highest BCUT2D eigenvalue weighted by Gasteiger charge is 2.43. The highest BCUT2D eigenvalue weighted by atomic mass is 28.4. The lowest BCUT2D eigenvalue weighted by Gasteiger charge is -2.39. The van der Waals surface area contributed by atoms with E-state index in [1.54, 1.807) is 16.8 Å². The van der Waals surface area contributed by atoms with Gasteiger partial charge >= 0.3 is 0 Å². The standard InChI is InChI=1S/C28H35FN6O2Si/c1-8-24(37-38(6,7)28(3,4)5)22-9-16(2)20(14-30-22)18-10-17-13-31-25(34-27(36)19-11-21(19)29)12-23(17)35-26(18)32-15-33-35/h9-10,12-15,19,21,24H,8,11H2,1-7H3,(H,31,34,36). The Labute approximate surface area is 223 Å². The number of rotatable bonds is 7. The van der Waals surface area contributed by atoms with Crippen molar-refractivity contribution < 1.29 is 13.6 Å². The number of hydrogen-bond donors (Lipinski definition) is 1. The second kappa shape index (κ2) is 9.50. The molecule has 1 aliphatic rings. The van der Waals surface area contributed by atoms with Crippen molar-refractivity contribution in [3.63, 3.8) is 0 Å². The summed E-state index contributed by atoms with van der Waals surface area (Å²) in [4.78, 5) is 26.0. The number of pyridine rings is 3. The van der Waals surface area contributed by atoms with Gasteiger partial charge in [-0.2, -0.15) is 5.10 Å². The third-order valence-electron chi connectivity index (χ3n) is 7.90. The third kappa shape index (κ3) is 4.82. The van der Waals surface area contributed by atoms with E-state index in [-0.39, 0.29) is 23.5 Å². The predicted octanol–water partition coefficient (Wildman–Crippen LogP) is 6.42. The Balaban J connectivity index is 1.49. The predicted molar refractivity (Wildman–Crippen MR) is 149 cm³/mol. The zero-order valence-electron chi connectivity index (χ0n) is 23.0. The van der Waals surface area contributed by atoms with Gasteiger partial charge in [-0.1, -0.05) is 27.7 Å². The van der Waals surface area contributed by atoms with Crippen LogP contribution in [0.4, 0.5) is 10.2 Å². The molecule has 3 unspecified atom stereocenters. The number of carbonyl (C=O) groups excluding carboxylic acids is 1. The molecular formula is C28H35FN6O2Si. The monoisotopic (exact) mass is 534 g/mol. The molecule has 1 aliphatic carbocycles. The van der Waals surface area contributed by atoms with Gasteiger partial charge in [-0.05, 0) is 55.6 Å². The topological polar surface area (TPSA) is 94.3 Å². The minimum absolute atomic E-state index is 0.0606. The molecule has 1 saturated carbocycles. The number of fused-ring (bicyclic) bond motifs is 3. The molecule has 0 aromatic carbocycles. The van der Waals surface area contributed by atoms with Gasteiger partial charge < -0.3 is 9.74 Å². The van der Waals surface area contributed by atoms with Crippen molar-refractivity contribution in [2.75, 3.05) is 5.32 Å². The van der Waals surface area contributed by atoms with Gasteiger partial charge in [0.1, 0.15) is 18.3 Å². The minimum atomic E-state index is -1.96. The summed E-state index contributed by atoms with van der Waals surface area (Å²) in [5.74, 6) is -0.569. The van der Waals surface area contributed by atoms with E-state index in [2.05, 4.69) is 74.2 Å². The molecular weight excluding hydrogens is 499 g/mol. The second-order valence-electron chi connectivity index (χ2n) is 11.7. The normalized spacial score (nSPS) is 18.6. The summed E-state index contributed by atoms with van der Waals surface area (Å²) in [6.45, 7) is 15.5. The molecule has 4 aromatic rings. The van der Waals surface area contributed by atoms with Crippen LogP contribution >= 0.6 is 0 Å². The van der Waals surface area contributed by atoms with E-state index in [9.17, 15) is 9.18 Å². The van der Waals surface area contributed by atoms with Crippen molar-refractivity contribution in [3.05, 3.63) is 48.2 Å². The first kappa shape index (κ1) is 26.4. The summed E-state index contributed by atoms with van der Waals surface area (Å²) < 4.78 is 21.7. The molecule has 0 saturated heterocycles. The maximum absolute atomic E-state index is 13.3. The summed E-state index contributed by atoms with van der Waals surface area (Å²) in [5.41, 5.74) is 5.27. The molecule has 1 fully saturated rings. The van der Waals surface area contributed by atoms with Crippen LogP contribution in [0.25, 0.3) is 27.7 Å². The van der Waals surface area contributed by atoms with Crippen molar-refractivity contribution in [1.82, 2.24) is 24.6 Å². The third-order valence-corrected chi connectivity index (χ3v) is 12.4. The van der Waals surface area contributed by atoms with E-state index >= 15 is 0 Å². The van der Waals surface area contributed by atoms with Crippen molar-refractivity contribution in [1.29, 1.82) is 0 Å². The molecule has 0 spiro atoms. The summed E-state index contributed by atoms with van der Waals surface area (Å²) in [7, 11) is -1.96. The Morgan fingerprint density at radius 1 is 1.18 bits per heavy atom. The van der Waals surface area contributed by atoms with E-state index in [0.717, 1.165) is 39.7 Å². The number of carbonyl (C=O) groups is 1. The molecule has 0 bridgehead atoms. The quantitative estimate of drug-likeness (QED) is 0.275. The SMILES string of the molecule is CCC(O[Si](C)(C)C(C)(C)C)c1cc(C)c(-c2cc3cnc(NC(=O)C4CC4F)cc3n3ncnc23)cn1. The minimum Gasteiger partial charge on any atom is -0.408 e. The van der Waals surface area contributed by atoms with Gasteiger partial charge in [-0.25, -0.2) is 18.9 Å². The first-order valence-electron chi connectivity index (χ1n) is 13.1. The fraction of sp³-hybridized carbons (Fsp3) is 0.464. The van der Waals surface area contributed by atoms with E-state index in [1.807, 2.05) is 12.3 Å². The van der Waals surface area contributed by atoms with E-state index in [0.29, 0.717) is 11.5 Å². The number of nitrogens with zero attached hydrogens (tertiary/aromatic N) is 5.